The van der Waals surface area contributed by atoms with Gasteiger partial charge in [-0.3, -0.25) is 14.4 Å². The number of hydrogen-bond donors (Lipinski definition) is 1. The molecule has 1 N–H and O–H groups in total. The van der Waals surface area contributed by atoms with Crippen LogP contribution in [-0.2, 0) is 27.3 Å². The lowest BCUT2D eigenvalue weighted by Gasteiger charge is -2.23. The van der Waals surface area contributed by atoms with Crippen molar-refractivity contribution in [3.8, 4) is 0 Å². The Bertz CT molecular complexity index is 928. The first kappa shape index (κ1) is 22.6. The molecule has 2 rings (SSSR count). The Morgan fingerprint density at radius 1 is 1.24 bits per heavy atom. The van der Waals surface area contributed by atoms with Crippen LogP contribution in [0.3, 0.4) is 0 Å². The van der Waals surface area contributed by atoms with Gasteiger partial charge >= 0.3 is 5.97 Å². The van der Waals surface area contributed by atoms with Crippen molar-refractivity contribution in [2.45, 2.75) is 78.5 Å². The van der Waals surface area contributed by atoms with Gasteiger partial charge in [-0.15, -0.1) is 0 Å². The van der Waals surface area contributed by atoms with Crippen LogP contribution in [0.15, 0.2) is 29.1 Å². The van der Waals surface area contributed by atoms with Crippen molar-refractivity contribution in [2.24, 2.45) is 0 Å². The van der Waals surface area contributed by atoms with Crippen molar-refractivity contribution >= 4 is 22.9 Å². The van der Waals surface area contributed by atoms with Crippen molar-refractivity contribution in [1.29, 1.82) is 0 Å². The molecular weight excluding hydrogens is 370 g/mol. The monoisotopic (exact) mass is 401 g/mol. The van der Waals surface area contributed by atoms with Gasteiger partial charge in [-0.2, -0.15) is 0 Å². The number of benzene rings is 1. The first-order valence-corrected chi connectivity index (χ1v) is 10.1. The summed E-state index contributed by atoms with van der Waals surface area (Å²) in [6, 6.07) is 7.50. The number of para-hydroxylation sites is 2. The first-order valence-electron chi connectivity index (χ1n) is 10.1. The summed E-state index contributed by atoms with van der Waals surface area (Å²) in [4.78, 5) is 41.6. The van der Waals surface area contributed by atoms with Gasteiger partial charge < -0.3 is 14.6 Å². The van der Waals surface area contributed by atoms with E-state index < -0.39 is 17.6 Å². The van der Waals surface area contributed by atoms with Crippen LogP contribution in [0.5, 0.6) is 0 Å². The van der Waals surface area contributed by atoms with E-state index in [9.17, 15) is 14.4 Å². The summed E-state index contributed by atoms with van der Waals surface area (Å²) in [5.74, 6) is -0.882. The maximum atomic E-state index is 12.9. The highest BCUT2D eigenvalue weighted by molar-refractivity contribution is 5.84. The number of hydrogen-bond acceptors (Lipinski definition) is 5. The van der Waals surface area contributed by atoms with E-state index in [0.717, 1.165) is 23.9 Å². The average Bonchev–Trinajstić information content (AvgIpc) is 2.64. The number of nitrogens with zero attached hydrogens (tertiary/aromatic N) is 2. The predicted octanol–water partition coefficient (Wildman–Crippen LogP) is 2.98. The second kappa shape index (κ2) is 9.67. The van der Waals surface area contributed by atoms with E-state index in [0.29, 0.717) is 12.2 Å². The molecule has 7 heteroatoms. The topological polar surface area (TPSA) is 90.3 Å². The van der Waals surface area contributed by atoms with Crippen LogP contribution in [0, 0.1) is 0 Å². The molecule has 0 saturated heterocycles. The number of ether oxygens (including phenoxy) is 1. The number of esters is 1. The Labute approximate surface area is 171 Å². The van der Waals surface area contributed by atoms with Crippen LogP contribution in [0.25, 0.3) is 11.0 Å². The van der Waals surface area contributed by atoms with Crippen LogP contribution in [-0.4, -0.2) is 33.1 Å². The number of nitrogens with one attached hydrogen (secondary N) is 1. The summed E-state index contributed by atoms with van der Waals surface area (Å²) in [7, 11) is 0. The van der Waals surface area contributed by atoms with E-state index >= 15 is 0 Å². The fourth-order valence-electron chi connectivity index (χ4n) is 2.95. The molecule has 0 aliphatic heterocycles. The summed E-state index contributed by atoms with van der Waals surface area (Å²) in [5, 5.41) is 2.77. The molecule has 7 nitrogen and oxygen atoms in total. The third kappa shape index (κ3) is 6.41. The molecule has 158 valence electrons. The van der Waals surface area contributed by atoms with E-state index in [1.807, 2.05) is 45.0 Å². The quantitative estimate of drug-likeness (QED) is 0.687. The lowest BCUT2D eigenvalue weighted by molar-refractivity contribution is -0.155. The van der Waals surface area contributed by atoms with Crippen molar-refractivity contribution < 1.29 is 14.3 Å². The van der Waals surface area contributed by atoms with Gasteiger partial charge in [0.2, 0.25) is 0 Å². The Balaban J connectivity index is 2.10. The molecule has 0 spiro atoms. The zero-order valence-electron chi connectivity index (χ0n) is 17.9. The molecule has 0 unspecified atom stereocenters. The van der Waals surface area contributed by atoms with Gasteiger partial charge in [0.15, 0.2) is 6.10 Å². The van der Waals surface area contributed by atoms with E-state index in [1.165, 1.54) is 6.92 Å². The maximum absolute atomic E-state index is 12.9. The summed E-state index contributed by atoms with van der Waals surface area (Å²) in [5.41, 5.74) is 1.28. The zero-order chi connectivity index (χ0) is 21.6. The third-order valence-electron chi connectivity index (χ3n) is 4.40. The SMILES string of the molecule is CCCCn1c(=O)c(CCC(=O)O[C@@H](C)C(=O)NC(C)(C)C)nc2ccccc21. The van der Waals surface area contributed by atoms with Crippen LogP contribution >= 0.6 is 0 Å². The molecule has 1 heterocycles. The van der Waals surface area contributed by atoms with Crippen LogP contribution in [0.2, 0.25) is 0 Å². The normalized spacial score (nSPS) is 12.6. The minimum Gasteiger partial charge on any atom is -0.453 e. The predicted molar refractivity (Wildman–Crippen MR) is 113 cm³/mol. The standard InChI is InChI=1S/C22H31N3O4/c1-6-7-14-25-18-11-9-8-10-16(18)23-17(21(25)28)12-13-19(26)29-15(2)20(27)24-22(3,4)5/h8-11,15H,6-7,12-14H2,1-5H3,(H,24,27)/t15-/m0/s1. The molecule has 0 aliphatic rings. The smallest absolute Gasteiger partial charge is 0.306 e. The Kier molecular flexibility index (Phi) is 7.53. The summed E-state index contributed by atoms with van der Waals surface area (Å²) >= 11 is 0. The van der Waals surface area contributed by atoms with E-state index in [1.54, 1.807) is 4.57 Å². The number of carbonyl (C=O) groups is 2. The minimum atomic E-state index is -0.896. The molecule has 2 aromatic rings. The lowest BCUT2D eigenvalue weighted by Crippen LogP contribution is -2.46. The molecule has 1 aromatic carbocycles. The van der Waals surface area contributed by atoms with E-state index in [-0.39, 0.29) is 24.3 Å². The van der Waals surface area contributed by atoms with Crippen LogP contribution in [0.1, 0.15) is 59.6 Å². The second-order valence-corrected chi connectivity index (χ2v) is 8.23. The van der Waals surface area contributed by atoms with Crippen LogP contribution < -0.4 is 10.9 Å². The summed E-state index contributed by atoms with van der Waals surface area (Å²) in [6.07, 6.45) is 1.12. The summed E-state index contributed by atoms with van der Waals surface area (Å²) in [6.45, 7) is 9.78. The van der Waals surface area contributed by atoms with Gasteiger partial charge in [0.25, 0.3) is 11.5 Å². The number of carbonyl (C=O) groups excluding carboxylic acids is 2. The molecule has 0 fully saturated rings. The molecule has 0 aliphatic carbocycles. The lowest BCUT2D eigenvalue weighted by atomic mass is 10.1. The van der Waals surface area contributed by atoms with E-state index in [2.05, 4.69) is 17.2 Å². The maximum Gasteiger partial charge on any atom is 0.306 e. The average molecular weight is 402 g/mol. The Morgan fingerprint density at radius 2 is 1.93 bits per heavy atom. The Hall–Kier alpha value is -2.70. The second-order valence-electron chi connectivity index (χ2n) is 8.23. The van der Waals surface area contributed by atoms with Gasteiger partial charge in [-0.25, -0.2) is 4.98 Å². The first-order chi connectivity index (χ1) is 13.6. The molecule has 0 bridgehead atoms. The van der Waals surface area contributed by atoms with Crippen molar-refractivity contribution in [2.75, 3.05) is 0 Å². The van der Waals surface area contributed by atoms with Gasteiger partial charge in [0.05, 0.1) is 17.5 Å². The molecule has 0 saturated carbocycles. The highest BCUT2D eigenvalue weighted by atomic mass is 16.5. The number of amides is 1. The van der Waals surface area contributed by atoms with Crippen molar-refractivity contribution in [3.63, 3.8) is 0 Å². The largest absolute Gasteiger partial charge is 0.453 e. The van der Waals surface area contributed by atoms with Gasteiger partial charge in [0.1, 0.15) is 5.69 Å². The molecule has 0 radical (unpaired) electrons. The molecule has 1 atom stereocenters. The highest BCUT2D eigenvalue weighted by Crippen LogP contribution is 2.12. The van der Waals surface area contributed by atoms with Gasteiger partial charge in [0, 0.05) is 18.5 Å². The summed E-state index contributed by atoms with van der Waals surface area (Å²) < 4.78 is 6.94. The number of unbranched alkanes of at least 4 members (excludes halogenated alkanes) is 1. The molecular formula is C22H31N3O4. The van der Waals surface area contributed by atoms with Crippen molar-refractivity contribution in [1.82, 2.24) is 14.9 Å². The minimum absolute atomic E-state index is 0.0124. The van der Waals surface area contributed by atoms with Crippen LogP contribution in [0.4, 0.5) is 0 Å². The fourth-order valence-corrected chi connectivity index (χ4v) is 2.95. The fraction of sp³-hybridized carbons (Fsp3) is 0.545. The van der Waals surface area contributed by atoms with Crippen molar-refractivity contribution in [3.05, 3.63) is 40.3 Å². The number of rotatable bonds is 8. The molecule has 1 aromatic heterocycles. The Morgan fingerprint density at radius 3 is 2.59 bits per heavy atom. The molecule has 1 amide bonds. The van der Waals surface area contributed by atoms with Gasteiger partial charge in [-0.05, 0) is 46.2 Å². The zero-order valence-corrected chi connectivity index (χ0v) is 17.9. The third-order valence-corrected chi connectivity index (χ3v) is 4.40. The highest BCUT2D eigenvalue weighted by Gasteiger charge is 2.22. The van der Waals surface area contributed by atoms with E-state index in [4.69, 9.17) is 4.74 Å². The number of fused-ring (bicyclic) bond motifs is 1. The number of aryl methyl sites for hydroxylation is 2. The molecule has 29 heavy (non-hydrogen) atoms. The van der Waals surface area contributed by atoms with Gasteiger partial charge in [-0.1, -0.05) is 25.5 Å². The number of aromatic nitrogens is 2.